The zero-order valence-corrected chi connectivity index (χ0v) is 27.4. The molecule has 0 atom stereocenters. The van der Waals surface area contributed by atoms with Crippen LogP contribution in [0.3, 0.4) is 0 Å². The van der Waals surface area contributed by atoms with Crippen molar-refractivity contribution in [3.05, 3.63) is 53.1 Å². The normalized spacial score (nSPS) is 15.5. The fourth-order valence-corrected chi connectivity index (χ4v) is 5.87. The molecule has 5 rings (SSSR count). The predicted molar refractivity (Wildman–Crippen MR) is 174 cm³/mol. The summed E-state index contributed by atoms with van der Waals surface area (Å²) in [6.07, 6.45) is 3.31. The molecule has 0 saturated carbocycles. The fourth-order valence-electron chi connectivity index (χ4n) is 5.87. The first-order valence-electron chi connectivity index (χ1n) is 15.9. The van der Waals surface area contributed by atoms with Crippen LogP contribution in [-0.4, -0.2) is 65.0 Å². The van der Waals surface area contributed by atoms with Gasteiger partial charge in [0.15, 0.2) is 0 Å². The van der Waals surface area contributed by atoms with E-state index in [2.05, 4.69) is 27.7 Å². The molecule has 0 spiro atoms. The molecule has 242 valence electrons. The maximum absolute atomic E-state index is 13.7. The molecule has 0 radical (unpaired) electrons. The third kappa shape index (κ3) is 7.97. The molecule has 3 heterocycles. The van der Waals surface area contributed by atoms with Crippen LogP contribution in [0.4, 0.5) is 9.59 Å². The minimum atomic E-state index is -0.700. The van der Waals surface area contributed by atoms with E-state index >= 15 is 0 Å². The molecule has 2 aliphatic rings. The first-order chi connectivity index (χ1) is 21.3. The lowest BCUT2D eigenvalue weighted by Gasteiger charge is -2.26. The number of nitrogens with zero attached hydrogens (tertiary/aromatic N) is 2. The van der Waals surface area contributed by atoms with Gasteiger partial charge in [0.2, 0.25) is 0 Å². The van der Waals surface area contributed by atoms with E-state index in [1.165, 1.54) is 24.8 Å². The predicted octanol–water partition coefficient (Wildman–Crippen LogP) is 6.61. The lowest BCUT2D eigenvalue weighted by molar-refractivity contribution is 0.0520. The Labute approximate surface area is 265 Å². The first kappa shape index (κ1) is 32.3. The topological polar surface area (TPSA) is 111 Å². The van der Waals surface area contributed by atoms with E-state index in [4.69, 9.17) is 14.2 Å². The smallest absolute Gasteiger partial charge is 0.419 e. The number of nitrogens with one attached hydrogen (secondary N) is 2. The van der Waals surface area contributed by atoms with Crippen LogP contribution in [-0.2, 0) is 22.6 Å². The number of ether oxygens (including phenoxy) is 3. The number of aromatic nitrogens is 1. The van der Waals surface area contributed by atoms with Crippen LogP contribution in [0.2, 0.25) is 0 Å². The fraction of sp³-hybridized carbons (Fsp3) is 0.514. The van der Waals surface area contributed by atoms with E-state index < -0.39 is 23.4 Å². The molecule has 2 aliphatic heterocycles. The highest BCUT2D eigenvalue weighted by Gasteiger charge is 2.31. The van der Waals surface area contributed by atoms with Gasteiger partial charge in [-0.15, -0.1) is 0 Å². The number of likely N-dealkylation sites (tertiary alicyclic amines) is 1. The van der Waals surface area contributed by atoms with Gasteiger partial charge < -0.3 is 24.8 Å². The number of hydrogen-bond acceptors (Lipinski definition) is 7. The summed E-state index contributed by atoms with van der Waals surface area (Å²) in [5, 5.41) is 6.57. The van der Waals surface area contributed by atoms with E-state index in [0.29, 0.717) is 48.7 Å². The monoisotopic (exact) mass is 618 g/mol. The number of hydrogen-bond donors (Lipinski definition) is 2. The highest BCUT2D eigenvalue weighted by molar-refractivity contribution is 6.07. The van der Waals surface area contributed by atoms with Crippen molar-refractivity contribution in [2.45, 2.75) is 91.5 Å². The first-order valence-corrected chi connectivity index (χ1v) is 15.9. The van der Waals surface area contributed by atoms with Gasteiger partial charge in [-0.2, -0.15) is 0 Å². The van der Waals surface area contributed by atoms with E-state index in [-0.39, 0.29) is 5.91 Å². The minimum absolute atomic E-state index is 0.219. The van der Waals surface area contributed by atoms with Gasteiger partial charge in [0, 0.05) is 36.1 Å². The number of piperidine rings is 1. The molecule has 10 nitrogen and oxygen atoms in total. The Hall–Kier alpha value is -4.05. The minimum Gasteiger partial charge on any atom is -0.493 e. The second-order valence-electron chi connectivity index (χ2n) is 13.9. The second kappa shape index (κ2) is 13.1. The van der Waals surface area contributed by atoms with Crippen molar-refractivity contribution in [2.24, 2.45) is 0 Å². The van der Waals surface area contributed by atoms with Crippen molar-refractivity contribution < 1.29 is 28.6 Å². The summed E-state index contributed by atoms with van der Waals surface area (Å²) in [7, 11) is 0. The van der Waals surface area contributed by atoms with Crippen molar-refractivity contribution in [3.63, 3.8) is 0 Å². The zero-order chi connectivity index (χ0) is 32.4. The van der Waals surface area contributed by atoms with E-state index in [1.54, 1.807) is 4.57 Å². The Balaban J connectivity index is 1.43. The summed E-state index contributed by atoms with van der Waals surface area (Å²) in [5.74, 6) is 0.372. The third-order valence-electron chi connectivity index (χ3n) is 7.74. The average Bonchev–Trinajstić information content (AvgIpc) is 3.52. The van der Waals surface area contributed by atoms with Gasteiger partial charge in [-0.05, 0) is 110 Å². The van der Waals surface area contributed by atoms with Crippen molar-refractivity contribution in [1.29, 1.82) is 0 Å². The van der Waals surface area contributed by atoms with Crippen molar-refractivity contribution in [1.82, 2.24) is 20.1 Å². The quantitative estimate of drug-likeness (QED) is 0.273. The van der Waals surface area contributed by atoms with Gasteiger partial charge in [-0.25, -0.2) is 14.2 Å². The van der Waals surface area contributed by atoms with Gasteiger partial charge >= 0.3 is 12.2 Å². The summed E-state index contributed by atoms with van der Waals surface area (Å²) >= 11 is 0. The van der Waals surface area contributed by atoms with Gasteiger partial charge in [-0.3, -0.25) is 9.69 Å². The highest BCUT2D eigenvalue weighted by Crippen LogP contribution is 2.38. The Morgan fingerprint density at radius 1 is 0.933 bits per heavy atom. The molecule has 0 bridgehead atoms. The van der Waals surface area contributed by atoms with E-state index in [0.717, 1.165) is 36.1 Å². The lowest BCUT2D eigenvalue weighted by atomic mass is 9.99. The van der Waals surface area contributed by atoms with Gasteiger partial charge in [0.1, 0.15) is 17.0 Å². The van der Waals surface area contributed by atoms with Gasteiger partial charge in [0.05, 0.1) is 23.4 Å². The molecular weight excluding hydrogens is 572 g/mol. The van der Waals surface area contributed by atoms with Gasteiger partial charge in [0.25, 0.3) is 5.91 Å². The summed E-state index contributed by atoms with van der Waals surface area (Å²) in [5.41, 5.74) is 3.11. The lowest BCUT2D eigenvalue weighted by Crippen LogP contribution is -2.33. The van der Waals surface area contributed by atoms with Crippen LogP contribution in [0.1, 0.15) is 88.7 Å². The highest BCUT2D eigenvalue weighted by atomic mass is 16.6. The number of benzene rings is 2. The SMILES string of the molecule is CC(C)(C)OC(=O)NCCCOc1ccc(-c2cc3cc(CN4CCCCC4)ccc3n2C(=O)OC(C)(C)C)c2c1CNC2=O. The average molecular weight is 619 g/mol. The number of carbonyl (C=O) groups is 3. The molecular formula is C35H46N4O6. The number of amides is 2. The Bertz CT molecular complexity index is 1570. The third-order valence-corrected chi connectivity index (χ3v) is 7.74. The summed E-state index contributed by atoms with van der Waals surface area (Å²) in [6, 6.07) is 11.8. The molecule has 1 saturated heterocycles. The number of alkyl carbamates (subject to hydrolysis) is 1. The summed E-state index contributed by atoms with van der Waals surface area (Å²) in [4.78, 5) is 41.3. The zero-order valence-electron chi connectivity index (χ0n) is 27.4. The summed E-state index contributed by atoms with van der Waals surface area (Å²) in [6.45, 7) is 15.1. The molecule has 2 amide bonds. The van der Waals surface area contributed by atoms with Crippen LogP contribution >= 0.6 is 0 Å². The maximum atomic E-state index is 13.7. The molecule has 0 aliphatic carbocycles. The number of rotatable bonds is 8. The van der Waals surface area contributed by atoms with Crippen LogP contribution < -0.4 is 15.4 Å². The molecule has 1 aromatic heterocycles. The Morgan fingerprint density at radius 2 is 1.67 bits per heavy atom. The van der Waals surface area contributed by atoms with Crippen molar-refractivity contribution in [2.75, 3.05) is 26.2 Å². The Kier molecular flexibility index (Phi) is 9.44. The summed E-state index contributed by atoms with van der Waals surface area (Å²) < 4.78 is 18.8. The molecule has 0 unspecified atom stereocenters. The molecule has 2 N–H and O–H groups in total. The number of carbonyl (C=O) groups excluding carboxylic acids is 3. The molecule has 1 fully saturated rings. The van der Waals surface area contributed by atoms with Gasteiger partial charge in [-0.1, -0.05) is 12.5 Å². The largest absolute Gasteiger partial charge is 0.493 e. The van der Waals surface area contributed by atoms with Crippen molar-refractivity contribution >= 4 is 29.0 Å². The standard InChI is InChI=1S/C35H46N4O6/c1-34(2,3)44-32(41)36-15-10-18-43-29-14-12-25(30-26(29)21-37-31(30)40)28-20-24-19-23(22-38-16-8-7-9-17-38)11-13-27(24)39(28)33(42)45-35(4,5)6/h11-14,19-20H,7-10,15-18,21-22H2,1-6H3,(H,36,41)(H,37,40). The number of fused-ring (bicyclic) bond motifs is 2. The van der Waals surface area contributed by atoms with Crippen LogP contribution in [0.25, 0.3) is 22.2 Å². The molecule has 45 heavy (non-hydrogen) atoms. The van der Waals surface area contributed by atoms with Crippen molar-refractivity contribution in [3.8, 4) is 17.0 Å². The molecule has 10 heteroatoms. The van der Waals surface area contributed by atoms with Crippen LogP contribution in [0.15, 0.2) is 36.4 Å². The second-order valence-corrected chi connectivity index (χ2v) is 13.9. The van der Waals surface area contributed by atoms with E-state index in [1.807, 2.05) is 65.8 Å². The van der Waals surface area contributed by atoms with Crippen LogP contribution in [0.5, 0.6) is 5.75 Å². The maximum Gasteiger partial charge on any atom is 0.419 e. The Morgan fingerprint density at radius 3 is 2.38 bits per heavy atom. The van der Waals surface area contributed by atoms with E-state index in [9.17, 15) is 14.4 Å². The van der Waals surface area contributed by atoms with Crippen LogP contribution in [0, 0.1) is 0 Å². The molecule has 3 aromatic rings. The molecule has 2 aromatic carbocycles.